The molecule has 36 heavy (non-hydrogen) atoms. The maximum Gasteiger partial charge on any atom is 0.226 e. The Morgan fingerprint density at radius 2 is 1.86 bits per heavy atom. The number of thiocarbonyl (C=S) groups is 1. The summed E-state index contributed by atoms with van der Waals surface area (Å²) in [7, 11) is 0. The first kappa shape index (κ1) is 23.8. The van der Waals surface area contributed by atoms with Crippen LogP contribution in [0.4, 0.5) is 5.69 Å². The van der Waals surface area contributed by atoms with Crippen LogP contribution < -0.4 is 10.6 Å². The second-order valence-corrected chi connectivity index (χ2v) is 9.39. The predicted molar refractivity (Wildman–Crippen MR) is 145 cm³/mol. The van der Waals surface area contributed by atoms with E-state index in [1.165, 1.54) is 0 Å². The molecule has 0 spiro atoms. The Morgan fingerprint density at radius 1 is 1.06 bits per heavy atom. The Kier molecular flexibility index (Phi) is 6.82. The number of hydrogen-bond acceptors (Lipinski definition) is 4. The molecule has 0 unspecified atom stereocenters. The minimum absolute atomic E-state index is 0.0593. The second kappa shape index (κ2) is 10.3. The SMILES string of the molecule is Cc1ccc(C)c(NC(=O)CCN2C(=S)N[C@H](c3ccccn3)[C@H]2c2ccc(-c3ccccc3)o2)c1. The zero-order valence-corrected chi connectivity index (χ0v) is 21.1. The number of aryl methyl sites for hydroxylation is 2. The van der Waals surface area contributed by atoms with Crippen molar-refractivity contribution in [1.29, 1.82) is 0 Å². The summed E-state index contributed by atoms with van der Waals surface area (Å²) >= 11 is 5.73. The Hall–Kier alpha value is -3.97. The molecule has 3 heterocycles. The molecule has 2 N–H and O–H groups in total. The number of carbonyl (C=O) groups is 1. The third-order valence-electron chi connectivity index (χ3n) is 6.42. The summed E-state index contributed by atoms with van der Waals surface area (Å²) in [4.78, 5) is 19.5. The molecule has 1 aliphatic rings. The maximum atomic E-state index is 12.9. The van der Waals surface area contributed by atoms with Crippen molar-refractivity contribution < 1.29 is 9.21 Å². The van der Waals surface area contributed by atoms with E-state index in [0.717, 1.165) is 39.6 Å². The fourth-order valence-corrected chi connectivity index (χ4v) is 4.86. The number of carbonyl (C=O) groups excluding carboxylic acids is 1. The van der Waals surface area contributed by atoms with Crippen LogP contribution in [0.5, 0.6) is 0 Å². The quantitative estimate of drug-likeness (QED) is 0.308. The highest BCUT2D eigenvalue weighted by molar-refractivity contribution is 7.80. The lowest BCUT2D eigenvalue weighted by Gasteiger charge is -2.26. The molecule has 7 heteroatoms. The highest BCUT2D eigenvalue weighted by Crippen LogP contribution is 2.40. The summed E-state index contributed by atoms with van der Waals surface area (Å²) in [5.41, 5.74) is 4.84. The van der Waals surface area contributed by atoms with Crippen molar-refractivity contribution >= 4 is 28.9 Å². The van der Waals surface area contributed by atoms with Crippen molar-refractivity contribution in [3.8, 4) is 11.3 Å². The Bertz CT molecular complexity index is 1370. The van der Waals surface area contributed by atoms with Gasteiger partial charge in [0.15, 0.2) is 5.11 Å². The van der Waals surface area contributed by atoms with Gasteiger partial charge in [-0.3, -0.25) is 9.78 Å². The van der Waals surface area contributed by atoms with E-state index in [-0.39, 0.29) is 24.4 Å². The number of amides is 1. The van der Waals surface area contributed by atoms with Gasteiger partial charge in [-0.05, 0) is 67.5 Å². The van der Waals surface area contributed by atoms with E-state index < -0.39 is 0 Å². The van der Waals surface area contributed by atoms with Crippen molar-refractivity contribution in [3.63, 3.8) is 0 Å². The lowest BCUT2D eigenvalue weighted by molar-refractivity contribution is -0.116. The third-order valence-corrected chi connectivity index (χ3v) is 6.77. The van der Waals surface area contributed by atoms with Crippen LogP contribution in [0.1, 0.15) is 41.1 Å². The van der Waals surface area contributed by atoms with Gasteiger partial charge in [0.25, 0.3) is 0 Å². The van der Waals surface area contributed by atoms with Gasteiger partial charge in [0.1, 0.15) is 17.6 Å². The van der Waals surface area contributed by atoms with Crippen molar-refractivity contribution in [3.05, 3.63) is 108 Å². The maximum absolute atomic E-state index is 12.9. The molecule has 1 saturated heterocycles. The van der Waals surface area contributed by atoms with Gasteiger partial charge >= 0.3 is 0 Å². The van der Waals surface area contributed by atoms with Crippen LogP contribution in [0, 0.1) is 13.8 Å². The number of nitrogens with zero attached hydrogens (tertiary/aromatic N) is 2. The summed E-state index contributed by atoms with van der Waals surface area (Å²) in [6.45, 7) is 4.44. The molecule has 0 radical (unpaired) electrons. The number of anilines is 1. The van der Waals surface area contributed by atoms with E-state index in [0.29, 0.717) is 11.7 Å². The standard InChI is InChI=1S/C29H28N4O2S/c1-19-11-12-20(2)23(18-19)31-26(34)15-17-33-28(27(32-29(33)36)22-10-6-7-16-30-22)25-14-13-24(35-25)21-8-4-3-5-9-21/h3-14,16,18,27-28H,15,17H2,1-2H3,(H,31,34)(H,32,36)/t27-,28-/m1/s1. The first-order chi connectivity index (χ1) is 17.5. The van der Waals surface area contributed by atoms with Gasteiger partial charge in [0.05, 0.1) is 11.7 Å². The largest absolute Gasteiger partial charge is 0.459 e. The smallest absolute Gasteiger partial charge is 0.226 e. The number of nitrogens with one attached hydrogen (secondary N) is 2. The molecule has 2 aromatic heterocycles. The van der Waals surface area contributed by atoms with Crippen LogP contribution in [0.3, 0.4) is 0 Å². The second-order valence-electron chi connectivity index (χ2n) is 9.00. The van der Waals surface area contributed by atoms with Crippen LogP contribution in [0.2, 0.25) is 0 Å². The highest BCUT2D eigenvalue weighted by atomic mass is 32.1. The lowest BCUT2D eigenvalue weighted by atomic mass is 10.0. The summed E-state index contributed by atoms with van der Waals surface area (Å²) in [5.74, 6) is 1.50. The van der Waals surface area contributed by atoms with E-state index in [9.17, 15) is 4.79 Å². The summed E-state index contributed by atoms with van der Waals surface area (Å²) in [6, 6.07) is 25.4. The molecule has 182 valence electrons. The monoisotopic (exact) mass is 496 g/mol. The molecular formula is C29H28N4O2S. The fraction of sp³-hybridized carbons (Fsp3) is 0.207. The van der Waals surface area contributed by atoms with E-state index in [2.05, 4.69) is 15.6 Å². The average molecular weight is 497 g/mol. The number of hydrogen-bond donors (Lipinski definition) is 2. The zero-order chi connectivity index (χ0) is 25.1. The first-order valence-corrected chi connectivity index (χ1v) is 12.4. The van der Waals surface area contributed by atoms with Crippen LogP contribution in [-0.2, 0) is 4.79 Å². The third kappa shape index (κ3) is 5.02. The number of furan rings is 1. The Labute approximate surface area is 216 Å². The van der Waals surface area contributed by atoms with E-state index >= 15 is 0 Å². The van der Waals surface area contributed by atoms with Crippen molar-refractivity contribution in [2.75, 3.05) is 11.9 Å². The van der Waals surface area contributed by atoms with Gasteiger partial charge in [-0.1, -0.05) is 48.5 Å². The van der Waals surface area contributed by atoms with Gasteiger partial charge in [-0.15, -0.1) is 0 Å². The summed E-state index contributed by atoms with van der Waals surface area (Å²) in [6.07, 6.45) is 2.06. The molecule has 5 rings (SSSR count). The van der Waals surface area contributed by atoms with E-state index in [4.69, 9.17) is 16.6 Å². The van der Waals surface area contributed by atoms with Gasteiger partial charge in [0, 0.05) is 30.4 Å². The number of rotatable bonds is 7. The Balaban J connectivity index is 1.39. The highest BCUT2D eigenvalue weighted by Gasteiger charge is 2.41. The molecule has 1 aliphatic heterocycles. The molecule has 0 aliphatic carbocycles. The molecule has 2 aromatic carbocycles. The van der Waals surface area contributed by atoms with Crippen LogP contribution in [-0.4, -0.2) is 27.4 Å². The minimum Gasteiger partial charge on any atom is -0.459 e. The van der Waals surface area contributed by atoms with Gasteiger partial charge in [-0.2, -0.15) is 0 Å². The Morgan fingerprint density at radius 3 is 2.64 bits per heavy atom. The van der Waals surface area contributed by atoms with E-state index in [1.807, 2.05) is 97.6 Å². The average Bonchev–Trinajstić information content (AvgIpc) is 3.50. The van der Waals surface area contributed by atoms with Gasteiger partial charge in [0.2, 0.25) is 5.91 Å². The van der Waals surface area contributed by atoms with Crippen LogP contribution in [0.15, 0.2) is 89.5 Å². The van der Waals surface area contributed by atoms with E-state index in [1.54, 1.807) is 6.20 Å². The molecular weight excluding hydrogens is 468 g/mol. The minimum atomic E-state index is -0.238. The van der Waals surface area contributed by atoms with Crippen molar-refractivity contribution in [2.24, 2.45) is 0 Å². The summed E-state index contributed by atoms with van der Waals surface area (Å²) < 4.78 is 6.35. The van der Waals surface area contributed by atoms with Crippen molar-refractivity contribution in [2.45, 2.75) is 32.4 Å². The van der Waals surface area contributed by atoms with Crippen LogP contribution >= 0.6 is 12.2 Å². The van der Waals surface area contributed by atoms with Crippen LogP contribution in [0.25, 0.3) is 11.3 Å². The molecule has 1 fully saturated rings. The number of aromatic nitrogens is 1. The van der Waals surface area contributed by atoms with Crippen molar-refractivity contribution in [1.82, 2.24) is 15.2 Å². The molecule has 4 aromatic rings. The fourth-order valence-electron chi connectivity index (χ4n) is 4.53. The lowest BCUT2D eigenvalue weighted by Crippen LogP contribution is -2.32. The molecule has 0 bridgehead atoms. The summed E-state index contributed by atoms with van der Waals surface area (Å²) in [5, 5.41) is 7.04. The first-order valence-electron chi connectivity index (χ1n) is 12.0. The van der Waals surface area contributed by atoms with Gasteiger partial charge < -0.3 is 20.0 Å². The molecule has 2 atom stereocenters. The molecule has 1 amide bonds. The number of pyridine rings is 1. The van der Waals surface area contributed by atoms with Gasteiger partial charge in [-0.25, -0.2) is 0 Å². The molecule has 6 nitrogen and oxygen atoms in total. The topological polar surface area (TPSA) is 70.4 Å². The molecule has 0 saturated carbocycles. The normalized spacial score (nSPS) is 17.2. The zero-order valence-electron chi connectivity index (χ0n) is 20.3. The predicted octanol–water partition coefficient (Wildman–Crippen LogP) is 5.96. The number of benzene rings is 2.